The van der Waals surface area contributed by atoms with Gasteiger partial charge in [-0.3, -0.25) is 0 Å². The van der Waals surface area contributed by atoms with Crippen LogP contribution < -0.4 is 5.32 Å². The summed E-state index contributed by atoms with van der Waals surface area (Å²) in [6.45, 7) is 2.05. The Morgan fingerprint density at radius 3 is 2.35 bits per heavy atom. The van der Waals surface area contributed by atoms with Gasteiger partial charge in [-0.2, -0.15) is 0 Å². The zero-order valence-corrected chi connectivity index (χ0v) is 12.3. The first-order chi connectivity index (χ1) is 8.12. The van der Waals surface area contributed by atoms with Crippen molar-refractivity contribution in [2.75, 3.05) is 20.6 Å². The first-order valence-corrected chi connectivity index (χ1v) is 7.04. The predicted molar refractivity (Wildman–Crippen MR) is 76.1 cm³/mol. The molecule has 1 aliphatic rings. The number of hydrogen-bond donors (Lipinski definition) is 1. The lowest BCUT2D eigenvalue weighted by atomic mass is 9.75. The summed E-state index contributed by atoms with van der Waals surface area (Å²) in [5.74, 6) is 0. The summed E-state index contributed by atoms with van der Waals surface area (Å²) in [6, 6.07) is 8.53. The molecule has 0 amide bonds. The molecule has 3 heteroatoms. The molecule has 1 saturated carbocycles. The zero-order valence-electron chi connectivity index (χ0n) is 10.7. The molecule has 0 radical (unpaired) electrons. The van der Waals surface area contributed by atoms with E-state index in [9.17, 15) is 0 Å². The van der Waals surface area contributed by atoms with Crippen LogP contribution >= 0.6 is 15.9 Å². The number of nitrogens with one attached hydrogen (secondary N) is 1. The van der Waals surface area contributed by atoms with Crippen molar-refractivity contribution in [3.8, 4) is 0 Å². The van der Waals surface area contributed by atoms with E-state index in [1.54, 1.807) is 0 Å². The largest absolute Gasteiger partial charge is 0.311 e. The van der Waals surface area contributed by atoms with Crippen LogP contribution in [0.1, 0.15) is 24.8 Å². The lowest BCUT2D eigenvalue weighted by Gasteiger charge is -2.47. The van der Waals surface area contributed by atoms with E-state index in [1.807, 2.05) is 0 Å². The average Bonchev–Trinajstić information content (AvgIpc) is 2.24. The minimum Gasteiger partial charge on any atom is -0.311 e. The molecule has 0 spiro atoms. The van der Waals surface area contributed by atoms with Gasteiger partial charge in [0.2, 0.25) is 0 Å². The van der Waals surface area contributed by atoms with Gasteiger partial charge in [0.25, 0.3) is 0 Å². The van der Waals surface area contributed by atoms with Crippen molar-refractivity contribution >= 4 is 15.9 Å². The number of benzene rings is 1. The maximum absolute atomic E-state index is 3.59. The molecule has 1 N–H and O–H groups in total. The van der Waals surface area contributed by atoms with E-state index in [2.05, 4.69) is 64.5 Å². The molecular weight excluding hydrogens is 276 g/mol. The molecule has 1 aromatic carbocycles. The molecule has 17 heavy (non-hydrogen) atoms. The molecule has 1 aromatic rings. The highest BCUT2D eigenvalue weighted by atomic mass is 79.9. The number of halogens is 1. The van der Waals surface area contributed by atoms with E-state index in [-0.39, 0.29) is 0 Å². The number of hydrogen-bond acceptors (Lipinski definition) is 2. The van der Waals surface area contributed by atoms with E-state index in [0.717, 1.165) is 17.6 Å². The zero-order chi connectivity index (χ0) is 12.3. The summed E-state index contributed by atoms with van der Waals surface area (Å²) in [4.78, 5) is 2.38. The standard InChI is InChI=1S/C14H21BrN2/c1-17(2)14(8-3-9-14)11-16-10-12-4-6-13(15)7-5-12/h4-7,16H,3,8-11H2,1-2H3. The minimum atomic E-state index is 0.412. The molecule has 0 atom stereocenters. The van der Waals surface area contributed by atoms with Crippen molar-refractivity contribution in [1.82, 2.24) is 10.2 Å². The highest BCUT2D eigenvalue weighted by Gasteiger charge is 2.38. The normalized spacial score (nSPS) is 18.1. The van der Waals surface area contributed by atoms with Gasteiger partial charge < -0.3 is 10.2 Å². The fourth-order valence-corrected chi connectivity index (χ4v) is 2.67. The maximum atomic E-state index is 3.59. The monoisotopic (exact) mass is 296 g/mol. The highest BCUT2D eigenvalue weighted by Crippen LogP contribution is 2.35. The van der Waals surface area contributed by atoms with Crippen molar-refractivity contribution in [3.05, 3.63) is 34.3 Å². The van der Waals surface area contributed by atoms with Gasteiger partial charge in [0.1, 0.15) is 0 Å². The van der Waals surface area contributed by atoms with E-state index in [1.165, 1.54) is 24.8 Å². The van der Waals surface area contributed by atoms with Gasteiger partial charge in [-0.1, -0.05) is 28.1 Å². The Morgan fingerprint density at radius 1 is 1.24 bits per heavy atom. The Labute approximate surface area is 113 Å². The van der Waals surface area contributed by atoms with Gasteiger partial charge in [-0.15, -0.1) is 0 Å². The van der Waals surface area contributed by atoms with Gasteiger partial charge in [-0.25, -0.2) is 0 Å². The van der Waals surface area contributed by atoms with Crippen molar-refractivity contribution in [1.29, 1.82) is 0 Å². The van der Waals surface area contributed by atoms with Gasteiger partial charge in [0.05, 0.1) is 0 Å². The predicted octanol–water partition coefficient (Wildman–Crippen LogP) is 3.02. The second kappa shape index (κ2) is 5.51. The van der Waals surface area contributed by atoms with Crippen LogP contribution in [0.15, 0.2) is 28.7 Å². The second-order valence-corrected chi connectivity index (χ2v) is 6.12. The molecule has 1 aliphatic carbocycles. The number of likely N-dealkylation sites (N-methyl/N-ethyl adjacent to an activating group) is 1. The second-order valence-electron chi connectivity index (χ2n) is 5.20. The SMILES string of the molecule is CN(C)C1(CNCc2ccc(Br)cc2)CCC1. The van der Waals surface area contributed by atoms with Crippen LogP contribution in [0.2, 0.25) is 0 Å². The summed E-state index contributed by atoms with van der Waals surface area (Å²) in [5.41, 5.74) is 1.76. The fraction of sp³-hybridized carbons (Fsp3) is 0.571. The molecular formula is C14H21BrN2. The van der Waals surface area contributed by atoms with E-state index in [4.69, 9.17) is 0 Å². The van der Waals surface area contributed by atoms with E-state index >= 15 is 0 Å². The smallest absolute Gasteiger partial charge is 0.0328 e. The summed E-state index contributed by atoms with van der Waals surface area (Å²) < 4.78 is 1.14. The van der Waals surface area contributed by atoms with Gasteiger partial charge in [0, 0.05) is 23.1 Å². The summed E-state index contributed by atoms with van der Waals surface area (Å²) >= 11 is 3.46. The average molecular weight is 297 g/mol. The molecule has 0 heterocycles. The fourth-order valence-electron chi connectivity index (χ4n) is 2.41. The van der Waals surface area contributed by atoms with Crippen molar-refractivity contribution in [2.45, 2.75) is 31.3 Å². The third-order valence-electron chi connectivity index (χ3n) is 3.93. The summed E-state index contributed by atoms with van der Waals surface area (Å²) in [5, 5.41) is 3.59. The van der Waals surface area contributed by atoms with Crippen LogP contribution in [0.5, 0.6) is 0 Å². The summed E-state index contributed by atoms with van der Waals surface area (Å²) in [7, 11) is 4.39. The minimum absolute atomic E-state index is 0.412. The number of nitrogens with zero attached hydrogens (tertiary/aromatic N) is 1. The van der Waals surface area contributed by atoms with Crippen LogP contribution in [0, 0.1) is 0 Å². The molecule has 0 unspecified atom stereocenters. The van der Waals surface area contributed by atoms with Crippen LogP contribution in [-0.2, 0) is 6.54 Å². The quantitative estimate of drug-likeness (QED) is 0.898. The van der Waals surface area contributed by atoms with E-state index < -0.39 is 0 Å². The molecule has 0 saturated heterocycles. The maximum Gasteiger partial charge on any atom is 0.0328 e. The third kappa shape index (κ3) is 3.09. The Bertz CT molecular complexity index is 355. The van der Waals surface area contributed by atoms with Crippen molar-refractivity contribution in [2.24, 2.45) is 0 Å². The molecule has 0 aliphatic heterocycles. The Kier molecular flexibility index (Phi) is 4.23. The van der Waals surface area contributed by atoms with Gasteiger partial charge in [-0.05, 0) is 51.1 Å². The number of rotatable bonds is 5. The van der Waals surface area contributed by atoms with Crippen LogP contribution in [0.3, 0.4) is 0 Å². The Morgan fingerprint density at radius 2 is 1.88 bits per heavy atom. The van der Waals surface area contributed by atoms with Crippen LogP contribution in [-0.4, -0.2) is 31.1 Å². The highest BCUT2D eigenvalue weighted by molar-refractivity contribution is 9.10. The molecule has 94 valence electrons. The van der Waals surface area contributed by atoms with Crippen LogP contribution in [0.25, 0.3) is 0 Å². The van der Waals surface area contributed by atoms with Crippen molar-refractivity contribution < 1.29 is 0 Å². The first-order valence-electron chi connectivity index (χ1n) is 6.25. The van der Waals surface area contributed by atoms with Gasteiger partial charge in [0.15, 0.2) is 0 Å². The Hall–Kier alpha value is -0.380. The molecule has 0 aromatic heterocycles. The lowest BCUT2D eigenvalue weighted by molar-refractivity contribution is 0.0598. The third-order valence-corrected chi connectivity index (χ3v) is 4.46. The molecule has 1 fully saturated rings. The van der Waals surface area contributed by atoms with Gasteiger partial charge >= 0.3 is 0 Å². The first kappa shape index (κ1) is 13.1. The lowest BCUT2D eigenvalue weighted by Crippen LogP contribution is -2.56. The summed E-state index contributed by atoms with van der Waals surface area (Å²) in [6.07, 6.45) is 4.03. The Balaban J connectivity index is 1.81. The van der Waals surface area contributed by atoms with E-state index in [0.29, 0.717) is 5.54 Å². The molecule has 0 bridgehead atoms. The molecule has 2 nitrogen and oxygen atoms in total. The molecule has 2 rings (SSSR count). The van der Waals surface area contributed by atoms with Crippen molar-refractivity contribution in [3.63, 3.8) is 0 Å². The van der Waals surface area contributed by atoms with Crippen LogP contribution in [0.4, 0.5) is 0 Å². The topological polar surface area (TPSA) is 15.3 Å².